The number of aryl methyl sites for hydroxylation is 1. The van der Waals surface area contributed by atoms with E-state index in [4.69, 9.17) is 0 Å². The van der Waals surface area contributed by atoms with Gasteiger partial charge in [0.05, 0.1) is 12.0 Å². The summed E-state index contributed by atoms with van der Waals surface area (Å²) >= 11 is 1.69. The van der Waals surface area contributed by atoms with E-state index in [1.54, 1.807) is 42.4 Å². The van der Waals surface area contributed by atoms with Crippen molar-refractivity contribution in [3.05, 3.63) is 59.6 Å². The van der Waals surface area contributed by atoms with Crippen LogP contribution in [0.2, 0.25) is 0 Å². The van der Waals surface area contributed by atoms with E-state index in [2.05, 4.69) is 20.3 Å². The number of rotatable bonds is 6. The molecule has 0 aliphatic rings. The third-order valence-corrected chi connectivity index (χ3v) is 4.58. The number of hydrogen-bond acceptors (Lipinski definition) is 4. The van der Waals surface area contributed by atoms with Crippen LogP contribution in [-0.4, -0.2) is 33.2 Å². The minimum Gasteiger partial charge on any atom is -0.350 e. The van der Waals surface area contributed by atoms with E-state index in [1.807, 2.05) is 6.92 Å². The highest BCUT2D eigenvalue weighted by Crippen LogP contribution is 2.16. The fraction of sp³-hybridized carbons (Fsp3) is 0.235. The summed E-state index contributed by atoms with van der Waals surface area (Å²) in [4.78, 5) is 23.5. The van der Waals surface area contributed by atoms with Gasteiger partial charge in [0.1, 0.15) is 17.0 Å². The number of nitrogens with one attached hydrogen (secondary N) is 2. The molecular weight excluding hydrogens is 327 g/mol. The zero-order valence-electron chi connectivity index (χ0n) is 13.2. The Bertz CT molecular complexity index is 865. The number of pyridine rings is 1. The molecule has 3 aromatic rings. The van der Waals surface area contributed by atoms with Crippen LogP contribution in [0.5, 0.6) is 0 Å². The summed E-state index contributed by atoms with van der Waals surface area (Å²) in [6, 6.07) is 8.04. The molecular formula is C17H17FN4OS. The number of thioether (sulfide) groups is 1. The molecule has 1 aromatic carbocycles. The molecule has 0 radical (unpaired) electrons. The largest absolute Gasteiger partial charge is 0.350 e. The molecule has 7 heteroatoms. The summed E-state index contributed by atoms with van der Waals surface area (Å²) in [7, 11) is 0. The van der Waals surface area contributed by atoms with Crippen LogP contribution >= 0.6 is 11.8 Å². The van der Waals surface area contributed by atoms with Gasteiger partial charge in [-0.15, -0.1) is 0 Å². The first-order chi connectivity index (χ1) is 11.6. The van der Waals surface area contributed by atoms with Crippen LogP contribution < -0.4 is 5.32 Å². The Labute approximate surface area is 143 Å². The SMILES string of the molecule is Cc1[nH]cnc1CSCCNC(=O)c1ccc2cccc(F)c2n1. The fourth-order valence-corrected chi connectivity index (χ4v) is 3.14. The lowest BCUT2D eigenvalue weighted by Crippen LogP contribution is -2.26. The number of fused-ring (bicyclic) bond motifs is 1. The summed E-state index contributed by atoms with van der Waals surface area (Å²) in [5.41, 5.74) is 2.53. The smallest absolute Gasteiger partial charge is 0.269 e. The van der Waals surface area contributed by atoms with Crippen LogP contribution in [0.1, 0.15) is 21.9 Å². The van der Waals surface area contributed by atoms with Gasteiger partial charge in [0.25, 0.3) is 5.91 Å². The third kappa shape index (κ3) is 3.73. The molecule has 1 amide bonds. The molecule has 0 unspecified atom stereocenters. The molecule has 124 valence electrons. The Morgan fingerprint density at radius 1 is 1.33 bits per heavy atom. The second-order valence-electron chi connectivity index (χ2n) is 5.29. The average molecular weight is 344 g/mol. The number of nitrogens with zero attached hydrogens (tertiary/aromatic N) is 2. The summed E-state index contributed by atoms with van der Waals surface area (Å²) in [5, 5.41) is 3.48. The van der Waals surface area contributed by atoms with Gasteiger partial charge in [-0.25, -0.2) is 14.4 Å². The second kappa shape index (κ2) is 7.44. The van der Waals surface area contributed by atoms with Crippen molar-refractivity contribution in [3.63, 3.8) is 0 Å². The second-order valence-corrected chi connectivity index (χ2v) is 6.40. The highest BCUT2D eigenvalue weighted by molar-refractivity contribution is 7.98. The lowest BCUT2D eigenvalue weighted by Gasteiger charge is -2.06. The Kier molecular flexibility index (Phi) is 5.10. The van der Waals surface area contributed by atoms with Crippen molar-refractivity contribution < 1.29 is 9.18 Å². The number of aromatic amines is 1. The zero-order valence-corrected chi connectivity index (χ0v) is 14.0. The van der Waals surface area contributed by atoms with Gasteiger partial charge < -0.3 is 10.3 Å². The lowest BCUT2D eigenvalue weighted by atomic mass is 10.2. The maximum absolute atomic E-state index is 13.7. The number of imidazole rings is 1. The van der Waals surface area contributed by atoms with Crippen molar-refractivity contribution in [3.8, 4) is 0 Å². The quantitative estimate of drug-likeness (QED) is 0.674. The van der Waals surface area contributed by atoms with Gasteiger partial charge in [-0.3, -0.25) is 4.79 Å². The predicted molar refractivity (Wildman–Crippen MR) is 93.5 cm³/mol. The van der Waals surface area contributed by atoms with Crippen molar-refractivity contribution in [1.82, 2.24) is 20.3 Å². The van der Waals surface area contributed by atoms with Crippen LogP contribution in [0.25, 0.3) is 10.9 Å². The molecule has 0 atom stereocenters. The van der Waals surface area contributed by atoms with Crippen molar-refractivity contribution in [2.45, 2.75) is 12.7 Å². The first kappa shape index (κ1) is 16.4. The third-order valence-electron chi connectivity index (χ3n) is 3.61. The molecule has 24 heavy (non-hydrogen) atoms. The molecule has 0 aliphatic heterocycles. The van der Waals surface area contributed by atoms with Crippen molar-refractivity contribution >= 4 is 28.6 Å². The number of hydrogen-bond donors (Lipinski definition) is 2. The van der Waals surface area contributed by atoms with E-state index in [9.17, 15) is 9.18 Å². The van der Waals surface area contributed by atoms with Crippen molar-refractivity contribution in [2.75, 3.05) is 12.3 Å². The van der Waals surface area contributed by atoms with E-state index in [0.717, 1.165) is 22.9 Å². The summed E-state index contributed by atoms with van der Waals surface area (Å²) < 4.78 is 13.7. The van der Waals surface area contributed by atoms with Crippen LogP contribution in [0, 0.1) is 12.7 Å². The number of para-hydroxylation sites is 1. The molecule has 0 bridgehead atoms. The summed E-state index contributed by atoms with van der Waals surface area (Å²) in [6.45, 7) is 2.50. The van der Waals surface area contributed by atoms with E-state index in [-0.39, 0.29) is 17.1 Å². The highest BCUT2D eigenvalue weighted by atomic mass is 32.2. The van der Waals surface area contributed by atoms with Gasteiger partial charge in [0.15, 0.2) is 0 Å². The number of halogens is 1. The standard InChI is InChI=1S/C17H17FN4OS/c1-11-15(21-10-20-11)9-24-8-7-19-17(23)14-6-5-12-3-2-4-13(18)16(12)22-14/h2-6,10H,7-9H2,1H3,(H,19,23)(H,20,21). The van der Waals surface area contributed by atoms with Crippen LogP contribution in [0.3, 0.4) is 0 Å². The van der Waals surface area contributed by atoms with Crippen molar-refractivity contribution in [1.29, 1.82) is 0 Å². The van der Waals surface area contributed by atoms with Gasteiger partial charge >= 0.3 is 0 Å². The van der Waals surface area contributed by atoms with E-state index in [0.29, 0.717) is 11.9 Å². The first-order valence-electron chi connectivity index (χ1n) is 7.55. The molecule has 2 aromatic heterocycles. The van der Waals surface area contributed by atoms with Gasteiger partial charge in [-0.1, -0.05) is 18.2 Å². The minimum atomic E-state index is -0.424. The molecule has 5 nitrogen and oxygen atoms in total. The first-order valence-corrected chi connectivity index (χ1v) is 8.70. The normalized spacial score (nSPS) is 10.9. The maximum atomic E-state index is 13.7. The average Bonchev–Trinajstić information content (AvgIpc) is 2.99. The molecule has 0 saturated carbocycles. The maximum Gasteiger partial charge on any atom is 0.269 e. The molecule has 0 aliphatic carbocycles. The van der Waals surface area contributed by atoms with Gasteiger partial charge in [-0.2, -0.15) is 11.8 Å². The minimum absolute atomic E-state index is 0.216. The van der Waals surface area contributed by atoms with Crippen LogP contribution in [0.4, 0.5) is 4.39 Å². The number of H-pyrrole nitrogens is 1. The number of benzene rings is 1. The van der Waals surface area contributed by atoms with Gasteiger partial charge in [-0.05, 0) is 19.1 Å². The molecule has 2 N–H and O–H groups in total. The topological polar surface area (TPSA) is 70.7 Å². The lowest BCUT2D eigenvalue weighted by molar-refractivity contribution is 0.0951. The number of aromatic nitrogens is 3. The van der Waals surface area contributed by atoms with Gasteiger partial charge in [0.2, 0.25) is 0 Å². The van der Waals surface area contributed by atoms with Crippen LogP contribution in [-0.2, 0) is 5.75 Å². The van der Waals surface area contributed by atoms with E-state index >= 15 is 0 Å². The monoisotopic (exact) mass is 344 g/mol. The van der Waals surface area contributed by atoms with Crippen molar-refractivity contribution in [2.24, 2.45) is 0 Å². The Balaban J connectivity index is 1.52. The predicted octanol–water partition coefficient (Wildman–Crippen LogP) is 3.07. The van der Waals surface area contributed by atoms with E-state index in [1.165, 1.54) is 6.07 Å². The Morgan fingerprint density at radius 2 is 2.21 bits per heavy atom. The highest BCUT2D eigenvalue weighted by Gasteiger charge is 2.10. The molecule has 2 heterocycles. The number of amides is 1. The van der Waals surface area contributed by atoms with E-state index < -0.39 is 5.82 Å². The Morgan fingerprint density at radius 3 is 3.00 bits per heavy atom. The zero-order chi connectivity index (χ0) is 16.9. The number of carbonyl (C=O) groups is 1. The molecule has 0 fully saturated rings. The molecule has 0 spiro atoms. The molecule has 0 saturated heterocycles. The summed E-state index contributed by atoms with van der Waals surface area (Å²) in [5.74, 6) is 0.841. The molecule has 3 rings (SSSR count). The number of carbonyl (C=O) groups excluding carboxylic acids is 1. The Hall–Kier alpha value is -2.41. The van der Waals surface area contributed by atoms with Crippen LogP contribution in [0.15, 0.2) is 36.7 Å². The fourth-order valence-electron chi connectivity index (χ4n) is 2.27. The summed E-state index contributed by atoms with van der Waals surface area (Å²) in [6.07, 6.45) is 1.68. The van der Waals surface area contributed by atoms with Gasteiger partial charge in [0, 0.05) is 29.1 Å².